The molecule has 1 aliphatic carbocycles. The van der Waals surface area contributed by atoms with Gasteiger partial charge in [-0.1, -0.05) is 6.92 Å². The molecule has 1 saturated carbocycles. The van der Waals surface area contributed by atoms with Crippen LogP contribution >= 0.6 is 23.2 Å². The van der Waals surface area contributed by atoms with Crippen molar-refractivity contribution in [3.8, 4) is 0 Å². The van der Waals surface area contributed by atoms with Gasteiger partial charge in [-0.3, -0.25) is 0 Å². The van der Waals surface area contributed by atoms with E-state index in [1.165, 1.54) is 0 Å². The third-order valence-electron chi connectivity index (χ3n) is 2.09. The standard InChI is InChI=1S/C7H12Cl2O/c1-4-2-5(4)6(10)3-7(8)9/h4-7,10H,2-3H2,1H3. The van der Waals surface area contributed by atoms with Gasteiger partial charge in [0.25, 0.3) is 0 Å². The molecule has 0 aromatic carbocycles. The highest BCUT2D eigenvalue weighted by Crippen LogP contribution is 2.42. The zero-order chi connectivity index (χ0) is 7.72. The molecule has 0 aromatic heterocycles. The Morgan fingerprint density at radius 1 is 1.60 bits per heavy atom. The molecule has 0 spiro atoms. The number of hydrogen-bond acceptors (Lipinski definition) is 1. The van der Waals surface area contributed by atoms with Crippen LogP contribution in [0.3, 0.4) is 0 Å². The van der Waals surface area contributed by atoms with Crippen molar-refractivity contribution in [1.82, 2.24) is 0 Å². The van der Waals surface area contributed by atoms with Crippen molar-refractivity contribution in [2.24, 2.45) is 11.8 Å². The van der Waals surface area contributed by atoms with E-state index in [0.717, 1.165) is 6.42 Å². The zero-order valence-corrected chi connectivity index (χ0v) is 7.44. The molecule has 3 heteroatoms. The topological polar surface area (TPSA) is 20.2 Å². The lowest BCUT2D eigenvalue weighted by Crippen LogP contribution is -2.13. The second-order valence-corrected chi connectivity index (χ2v) is 4.35. The van der Waals surface area contributed by atoms with Crippen molar-refractivity contribution in [2.45, 2.75) is 30.7 Å². The van der Waals surface area contributed by atoms with Gasteiger partial charge in [0.15, 0.2) is 0 Å². The van der Waals surface area contributed by atoms with Crippen molar-refractivity contribution >= 4 is 23.2 Å². The zero-order valence-electron chi connectivity index (χ0n) is 5.93. The first-order valence-electron chi connectivity index (χ1n) is 3.57. The largest absolute Gasteiger partial charge is 0.393 e. The van der Waals surface area contributed by atoms with Crippen molar-refractivity contribution < 1.29 is 5.11 Å². The first-order valence-corrected chi connectivity index (χ1v) is 4.44. The Morgan fingerprint density at radius 3 is 2.40 bits per heavy atom. The van der Waals surface area contributed by atoms with Crippen LogP contribution in [0, 0.1) is 11.8 Å². The summed E-state index contributed by atoms with van der Waals surface area (Å²) in [6, 6.07) is 0. The molecule has 0 heterocycles. The quantitative estimate of drug-likeness (QED) is 0.665. The highest BCUT2D eigenvalue weighted by Gasteiger charge is 2.38. The Balaban J connectivity index is 2.16. The van der Waals surface area contributed by atoms with Gasteiger partial charge in [0.1, 0.15) is 4.84 Å². The van der Waals surface area contributed by atoms with E-state index in [-0.39, 0.29) is 6.10 Å². The lowest BCUT2D eigenvalue weighted by atomic mass is 10.1. The minimum absolute atomic E-state index is 0.282. The fraction of sp³-hybridized carbons (Fsp3) is 1.00. The monoisotopic (exact) mass is 182 g/mol. The average Bonchev–Trinajstić information content (AvgIpc) is 2.44. The van der Waals surface area contributed by atoms with Crippen LogP contribution in [0.15, 0.2) is 0 Å². The maximum Gasteiger partial charge on any atom is 0.110 e. The number of aliphatic hydroxyl groups excluding tert-OH is 1. The maximum atomic E-state index is 9.36. The summed E-state index contributed by atoms with van der Waals surface area (Å²) < 4.78 is 0. The second-order valence-electron chi connectivity index (χ2n) is 3.07. The first kappa shape index (κ1) is 8.63. The van der Waals surface area contributed by atoms with Crippen LogP contribution in [0.5, 0.6) is 0 Å². The van der Waals surface area contributed by atoms with Gasteiger partial charge in [0.05, 0.1) is 6.10 Å². The molecule has 0 bridgehead atoms. The Bertz CT molecular complexity index is 116. The Hall–Kier alpha value is 0.540. The molecule has 10 heavy (non-hydrogen) atoms. The summed E-state index contributed by atoms with van der Waals surface area (Å²) in [6.45, 7) is 2.13. The van der Waals surface area contributed by atoms with E-state index in [1.807, 2.05) is 0 Å². The summed E-state index contributed by atoms with van der Waals surface area (Å²) >= 11 is 11.0. The van der Waals surface area contributed by atoms with Crippen LogP contribution in [0.1, 0.15) is 19.8 Å². The summed E-state index contributed by atoms with van der Waals surface area (Å²) in [5.41, 5.74) is 0. The Kier molecular flexibility index (Phi) is 2.84. The molecule has 1 aliphatic rings. The van der Waals surface area contributed by atoms with Crippen LogP contribution in [0.25, 0.3) is 0 Å². The van der Waals surface area contributed by atoms with Crippen LogP contribution in [-0.4, -0.2) is 16.0 Å². The van der Waals surface area contributed by atoms with Gasteiger partial charge in [-0.2, -0.15) is 0 Å². The Labute approximate surface area is 71.3 Å². The molecule has 0 saturated heterocycles. The van der Waals surface area contributed by atoms with E-state index in [1.54, 1.807) is 0 Å². The summed E-state index contributed by atoms with van der Waals surface area (Å²) in [5, 5.41) is 9.36. The molecule has 1 N–H and O–H groups in total. The van der Waals surface area contributed by atoms with Crippen LogP contribution in [0.4, 0.5) is 0 Å². The highest BCUT2D eigenvalue weighted by atomic mass is 35.5. The third-order valence-corrected chi connectivity index (χ3v) is 2.44. The molecule has 0 radical (unpaired) electrons. The van der Waals surface area contributed by atoms with Gasteiger partial charge in [-0.05, 0) is 18.3 Å². The number of hydrogen-bond donors (Lipinski definition) is 1. The van der Waals surface area contributed by atoms with Crippen molar-refractivity contribution in [3.05, 3.63) is 0 Å². The average molecular weight is 183 g/mol. The van der Waals surface area contributed by atoms with E-state index >= 15 is 0 Å². The van der Waals surface area contributed by atoms with Crippen LogP contribution in [0.2, 0.25) is 0 Å². The Morgan fingerprint density at radius 2 is 2.10 bits per heavy atom. The van der Waals surface area contributed by atoms with Gasteiger partial charge in [-0.25, -0.2) is 0 Å². The molecule has 3 unspecified atom stereocenters. The van der Waals surface area contributed by atoms with E-state index in [2.05, 4.69) is 6.92 Å². The van der Waals surface area contributed by atoms with E-state index in [9.17, 15) is 5.11 Å². The molecule has 1 rings (SSSR count). The van der Waals surface area contributed by atoms with Crippen LogP contribution in [-0.2, 0) is 0 Å². The van der Waals surface area contributed by atoms with Gasteiger partial charge < -0.3 is 5.11 Å². The molecule has 1 fully saturated rings. The van der Waals surface area contributed by atoms with E-state index in [4.69, 9.17) is 23.2 Å². The number of halogens is 2. The fourth-order valence-corrected chi connectivity index (χ4v) is 1.61. The molecule has 60 valence electrons. The minimum Gasteiger partial charge on any atom is -0.393 e. The first-order chi connectivity index (χ1) is 4.61. The van der Waals surface area contributed by atoms with Crippen molar-refractivity contribution in [3.63, 3.8) is 0 Å². The molecule has 1 nitrogen and oxygen atoms in total. The molecular formula is C7H12Cl2O. The summed E-state index contributed by atoms with van der Waals surface area (Å²) in [5.74, 6) is 1.13. The maximum absolute atomic E-state index is 9.36. The van der Waals surface area contributed by atoms with E-state index in [0.29, 0.717) is 18.3 Å². The van der Waals surface area contributed by atoms with Gasteiger partial charge >= 0.3 is 0 Å². The molecule has 0 aliphatic heterocycles. The number of aliphatic hydroxyl groups is 1. The van der Waals surface area contributed by atoms with Gasteiger partial charge in [-0.15, -0.1) is 23.2 Å². The highest BCUT2D eigenvalue weighted by molar-refractivity contribution is 6.44. The summed E-state index contributed by atoms with van der Waals surface area (Å²) in [4.78, 5) is -0.414. The second kappa shape index (κ2) is 3.29. The lowest BCUT2D eigenvalue weighted by molar-refractivity contribution is 0.140. The van der Waals surface area contributed by atoms with Crippen LogP contribution < -0.4 is 0 Å². The molecule has 0 amide bonds. The van der Waals surface area contributed by atoms with Crippen molar-refractivity contribution in [2.75, 3.05) is 0 Å². The fourth-order valence-electron chi connectivity index (χ4n) is 1.24. The number of alkyl halides is 2. The SMILES string of the molecule is CC1CC1C(O)CC(Cl)Cl. The van der Waals surface area contributed by atoms with E-state index < -0.39 is 4.84 Å². The lowest BCUT2D eigenvalue weighted by Gasteiger charge is -2.08. The van der Waals surface area contributed by atoms with Gasteiger partial charge in [0.2, 0.25) is 0 Å². The molecule has 0 aromatic rings. The smallest absolute Gasteiger partial charge is 0.110 e. The van der Waals surface area contributed by atoms with Gasteiger partial charge in [0, 0.05) is 6.42 Å². The molecule has 3 atom stereocenters. The minimum atomic E-state index is -0.414. The summed E-state index contributed by atoms with van der Waals surface area (Å²) in [6.07, 6.45) is 1.36. The van der Waals surface area contributed by atoms with Crippen molar-refractivity contribution in [1.29, 1.82) is 0 Å². The third kappa shape index (κ3) is 2.30. The predicted molar refractivity (Wildman–Crippen MR) is 43.4 cm³/mol. The predicted octanol–water partition coefficient (Wildman–Crippen LogP) is 2.20. The summed E-state index contributed by atoms with van der Waals surface area (Å²) in [7, 11) is 0. The molecular weight excluding hydrogens is 171 g/mol. The number of rotatable bonds is 3. The normalized spacial score (nSPS) is 34.5.